The van der Waals surface area contributed by atoms with Gasteiger partial charge in [-0.2, -0.15) is 0 Å². The van der Waals surface area contributed by atoms with E-state index in [2.05, 4.69) is 0 Å². The number of aliphatic hydroxyl groups excluding tert-OH is 1. The third-order valence-electron chi connectivity index (χ3n) is 3.56. The number of phenols is 1. The lowest BCUT2D eigenvalue weighted by Gasteiger charge is -2.13. The Morgan fingerprint density at radius 3 is 2.71 bits per heavy atom. The zero-order chi connectivity index (χ0) is 17.5. The Balaban J connectivity index is 1.98. The highest BCUT2D eigenvalue weighted by molar-refractivity contribution is 5.68. The molecule has 24 heavy (non-hydrogen) atoms. The smallest absolute Gasteiger partial charge is 0.341 e. The largest absolute Gasteiger partial charge is 0.504 e. The topological polar surface area (TPSA) is 96.2 Å². The molecule has 2 rings (SSSR count). The molecule has 0 spiro atoms. The van der Waals surface area contributed by atoms with E-state index in [0.717, 1.165) is 5.56 Å². The molecule has 0 aliphatic carbocycles. The van der Waals surface area contributed by atoms with Crippen LogP contribution in [0.4, 0.5) is 0 Å². The minimum atomic E-state index is -1.05. The summed E-state index contributed by atoms with van der Waals surface area (Å²) < 4.78 is 10.2. The summed E-state index contributed by atoms with van der Waals surface area (Å²) in [7, 11) is 1.48. The van der Waals surface area contributed by atoms with Crippen molar-refractivity contribution in [2.75, 3.05) is 13.7 Å². The number of hydrogen-bond donors (Lipinski definition) is 3. The average molecular weight is 332 g/mol. The zero-order valence-electron chi connectivity index (χ0n) is 13.3. The highest BCUT2D eigenvalue weighted by Gasteiger charge is 2.11. The summed E-state index contributed by atoms with van der Waals surface area (Å²) in [6, 6.07) is 11.8. The van der Waals surface area contributed by atoms with Crippen LogP contribution in [0.1, 0.15) is 23.7 Å². The number of benzene rings is 2. The van der Waals surface area contributed by atoms with Gasteiger partial charge in [-0.05, 0) is 48.2 Å². The normalized spacial score (nSPS) is 11.8. The summed E-state index contributed by atoms with van der Waals surface area (Å²) in [6.45, 7) is -0.424. The molecule has 2 aromatic carbocycles. The van der Waals surface area contributed by atoms with Gasteiger partial charge in [0.05, 0.1) is 13.2 Å². The number of hydrogen-bond acceptors (Lipinski definition) is 5. The van der Waals surface area contributed by atoms with Gasteiger partial charge < -0.3 is 24.8 Å². The molecule has 0 bridgehead atoms. The van der Waals surface area contributed by atoms with Gasteiger partial charge in [-0.3, -0.25) is 0 Å². The molecule has 1 atom stereocenters. The lowest BCUT2D eigenvalue weighted by Crippen LogP contribution is -2.09. The fourth-order valence-electron chi connectivity index (χ4n) is 2.30. The van der Waals surface area contributed by atoms with Gasteiger partial charge in [0, 0.05) is 0 Å². The lowest BCUT2D eigenvalue weighted by atomic mass is 10.0. The second kappa shape index (κ2) is 8.21. The highest BCUT2D eigenvalue weighted by atomic mass is 16.5. The molecule has 2 aromatic rings. The van der Waals surface area contributed by atoms with Gasteiger partial charge in [0.2, 0.25) is 0 Å². The van der Waals surface area contributed by atoms with Crippen molar-refractivity contribution < 1.29 is 29.6 Å². The minimum Gasteiger partial charge on any atom is -0.504 e. The Labute approximate surface area is 139 Å². The first-order valence-corrected chi connectivity index (χ1v) is 7.48. The number of rotatable bonds is 8. The van der Waals surface area contributed by atoms with Gasteiger partial charge in [0.1, 0.15) is 5.75 Å². The quantitative estimate of drug-likeness (QED) is 0.687. The van der Waals surface area contributed by atoms with E-state index in [9.17, 15) is 15.0 Å². The number of phenolic OH excluding ortho intramolecular Hbond substituents is 1. The molecule has 6 heteroatoms. The second-order valence-corrected chi connectivity index (χ2v) is 5.32. The van der Waals surface area contributed by atoms with E-state index in [-0.39, 0.29) is 5.75 Å². The fourth-order valence-corrected chi connectivity index (χ4v) is 2.30. The van der Waals surface area contributed by atoms with E-state index in [1.807, 2.05) is 0 Å². The molecule has 1 unspecified atom stereocenters. The van der Waals surface area contributed by atoms with Gasteiger partial charge in [-0.15, -0.1) is 0 Å². The van der Waals surface area contributed by atoms with Gasteiger partial charge >= 0.3 is 5.97 Å². The number of aryl methyl sites for hydroxylation is 1. The van der Waals surface area contributed by atoms with Crippen LogP contribution in [0, 0.1) is 0 Å². The van der Waals surface area contributed by atoms with Crippen LogP contribution in [0.25, 0.3) is 0 Å². The van der Waals surface area contributed by atoms with E-state index in [0.29, 0.717) is 29.9 Å². The van der Waals surface area contributed by atoms with E-state index in [1.54, 1.807) is 42.5 Å². The number of aliphatic hydroxyl groups is 1. The second-order valence-electron chi connectivity index (χ2n) is 5.32. The molecule has 0 amide bonds. The standard InChI is InChI=1S/C18H20O6/c1-23-17-9-12(6-8-16(17)20)5-7-15(19)13-3-2-4-14(10-13)24-11-18(21)22/h2-4,6,8-10,15,19-20H,5,7,11H2,1H3,(H,21,22). The van der Waals surface area contributed by atoms with E-state index < -0.39 is 18.7 Å². The maximum Gasteiger partial charge on any atom is 0.341 e. The summed E-state index contributed by atoms with van der Waals surface area (Å²) in [5, 5.41) is 28.5. The van der Waals surface area contributed by atoms with Crippen LogP contribution in [-0.4, -0.2) is 35.0 Å². The van der Waals surface area contributed by atoms with Crippen molar-refractivity contribution in [3.8, 4) is 17.2 Å². The van der Waals surface area contributed by atoms with Crippen LogP contribution in [0.3, 0.4) is 0 Å². The van der Waals surface area contributed by atoms with Crippen LogP contribution in [0.2, 0.25) is 0 Å². The maximum atomic E-state index is 10.5. The van der Waals surface area contributed by atoms with E-state index in [1.165, 1.54) is 7.11 Å². The van der Waals surface area contributed by atoms with Gasteiger partial charge in [-0.1, -0.05) is 18.2 Å². The molecule has 0 aliphatic heterocycles. The molecule has 6 nitrogen and oxygen atoms in total. The van der Waals surface area contributed by atoms with Gasteiger partial charge in [-0.25, -0.2) is 4.79 Å². The lowest BCUT2D eigenvalue weighted by molar-refractivity contribution is -0.139. The molecule has 0 saturated heterocycles. The molecule has 0 radical (unpaired) electrons. The zero-order valence-corrected chi connectivity index (χ0v) is 13.3. The van der Waals surface area contributed by atoms with Crippen LogP contribution in [0.15, 0.2) is 42.5 Å². The van der Waals surface area contributed by atoms with Crippen molar-refractivity contribution in [1.82, 2.24) is 0 Å². The first kappa shape index (κ1) is 17.6. The Morgan fingerprint density at radius 1 is 1.21 bits per heavy atom. The first-order chi connectivity index (χ1) is 11.5. The number of ether oxygens (including phenoxy) is 2. The summed E-state index contributed by atoms with van der Waals surface area (Å²) in [6.07, 6.45) is 0.354. The third kappa shape index (κ3) is 4.89. The van der Waals surface area contributed by atoms with E-state index >= 15 is 0 Å². The van der Waals surface area contributed by atoms with Crippen LogP contribution >= 0.6 is 0 Å². The summed E-state index contributed by atoms with van der Waals surface area (Å²) in [4.78, 5) is 10.5. The molecule has 0 aliphatic rings. The number of methoxy groups -OCH3 is 1. The Morgan fingerprint density at radius 2 is 2.00 bits per heavy atom. The molecule has 3 N–H and O–H groups in total. The van der Waals surface area contributed by atoms with Crippen molar-refractivity contribution in [3.05, 3.63) is 53.6 Å². The van der Waals surface area contributed by atoms with Crippen molar-refractivity contribution in [1.29, 1.82) is 0 Å². The molecular weight excluding hydrogens is 312 g/mol. The predicted molar refractivity (Wildman–Crippen MR) is 87.5 cm³/mol. The van der Waals surface area contributed by atoms with Crippen molar-refractivity contribution in [3.63, 3.8) is 0 Å². The maximum absolute atomic E-state index is 10.5. The minimum absolute atomic E-state index is 0.0741. The summed E-state index contributed by atoms with van der Waals surface area (Å²) >= 11 is 0. The Hall–Kier alpha value is -2.73. The first-order valence-electron chi connectivity index (χ1n) is 7.48. The highest BCUT2D eigenvalue weighted by Crippen LogP contribution is 2.28. The SMILES string of the molecule is COc1cc(CCC(O)c2cccc(OCC(=O)O)c2)ccc1O. The third-order valence-corrected chi connectivity index (χ3v) is 3.56. The molecule has 0 saturated carbocycles. The van der Waals surface area contributed by atoms with Crippen LogP contribution < -0.4 is 9.47 Å². The molecule has 128 valence electrons. The summed E-state index contributed by atoms with van der Waals surface area (Å²) in [5.41, 5.74) is 1.59. The Bertz CT molecular complexity index is 698. The molecule has 0 heterocycles. The van der Waals surface area contributed by atoms with Crippen molar-refractivity contribution in [2.45, 2.75) is 18.9 Å². The van der Waals surface area contributed by atoms with Gasteiger partial charge in [0.15, 0.2) is 18.1 Å². The van der Waals surface area contributed by atoms with Crippen LogP contribution in [0.5, 0.6) is 17.2 Å². The Kier molecular flexibility index (Phi) is 6.03. The average Bonchev–Trinajstić information content (AvgIpc) is 2.59. The van der Waals surface area contributed by atoms with Gasteiger partial charge in [0.25, 0.3) is 0 Å². The van der Waals surface area contributed by atoms with Crippen molar-refractivity contribution in [2.24, 2.45) is 0 Å². The number of carboxylic acids is 1. The summed E-state index contributed by atoms with van der Waals surface area (Å²) in [5.74, 6) is -0.182. The molecule has 0 fully saturated rings. The molecular formula is C18H20O6. The number of carboxylic acid groups (broad SMARTS) is 1. The van der Waals surface area contributed by atoms with Crippen molar-refractivity contribution >= 4 is 5.97 Å². The van der Waals surface area contributed by atoms with E-state index in [4.69, 9.17) is 14.6 Å². The fraction of sp³-hybridized carbons (Fsp3) is 0.278. The van der Waals surface area contributed by atoms with Crippen LogP contribution in [-0.2, 0) is 11.2 Å². The number of carbonyl (C=O) groups is 1. The molecule has 0 aromatic heterocycles. The number of aliphatic carboxylic acids is 1. The number of aromatic hydroxyl groups is 1. The monoisotopic (exact) mass is 332 g/mol. The predicted octanol–water partition coefficient (Wildman–Crippen LogP) is 2.53.